The monoisotopic (exact) mass is 378 g/mol. The summed E-state index contributed by atoms with van der Waals surface area (Å²) in [5, 5.41) is 0. The molecular formula is C16H27ClN2O4S. The Bertz CT molecular complexity index is 574. The predicted molar refractivity (Wildman–Crippen MR) is 96.2 cm³/mol. The number of hydrogen-bond acceptors (Lipinski definition) is 5. The zero-order chi connectivity index (χ0) is 16.7. The van der Waals surface area contributed by atoms with Crippen LogP contribution in [0.5, 0.6) is 5.75 Å². The van der Waals surface area contributed by atoms with E-state index in [4.69, 9.17) is 15.2 Å². The zero-order valence-corrected chi connectivity index (χ0v) is 15.6. The van der Waals surface area contributed by atoms with Gasteiger partial charge in [-0.15, -0.1) is 12.4 Å². The highest BCUT2D eigenvalue weighted by atomic mass is 35.5. The first-order chi connectivity index (χ1) is 11.1. The fourth-order valence-electron chi connectivity index (χ4n) is 2.92. The number of benzene rings is 1. The van der Waals surface area contributed by atoms with Crippen LogP contribution in [0.2, 0.25) is 0 Å². The van der Waals surface area contributed by atoms with Crippen molar-refractivity contribution < 1.29 is 17.9 Å². The van der Waals surface area contributed by atoms with Crippen molar-refractivity contribution in [1.82, 2.24) is 4.72 Å². The SMILES string of the molecule is COCCOc1ccc(S(=O)(=O)NC(CN)C2CCCC2)cc1.Cl. The van der Waals surface area contributed by atoms with Crippen molar-refractivity contribution in [3.63, 3.8) is 0 Å². The summed E-state index contributed by atoms with van der Waals surface area (Å²) in [6.07, 6.45) is 4.38. The van der Waals surface area contributed by atoms with Crippen LogP contribution in [-0.4, -0.2) is 41.3 Å². The van der Waals surface area contributed by atoms with Gasteiger partial charge in [-0.3, -0.25) is 0 Å². The molecule has 1 aliphatic rings. The number of nitrogens with one attached hydrogen (secondary N) is 1. The smallest absolute Gasteiger partial charge is 0.240 e. The molecule has 0 radical (unpaired) electrons. The fourth-order valence-corrected chi connectivity index (χ4v) is 4.24. The molecule has 0 bridgehead atoms. The number of halogens is 1. The van der Waals surface area contributed by atoms with Crippen LogP contribution in [0.25, 0.3) is 0 Å². The van der Waals surface area contributed by atoms with Gasteiger partial charge >= 0.3 is 0 Å². The number of rotatable bonds is 9. The first-order valence-electron chi connectivity index (χ1n) is 8.01. The Morgan fingerprint density at radius 1 is 1.21 bits per heavy atom. The first-order valence-corrected chi connectivity index (χ1v) is 9.49. The number of nitrogens with two attached hydrogens (primary N) is 1. The maximum Gasteiger partial charge on any atom is 0.240 e. The lowest BCUT2D eigenvalue weighted by Crippen LogP contribution is -2.44. The first kappa shape index (κ1) is 21.2. The van der Waals surface area contributed by atoms with E-state index >= 15 is 0 Å². The lowest BCUT2D eigenvalue weighted by Gasteiger charge is -2.23. The second-order valence-corrected chi connectivity index (χ2v) is 7.53. The van der Waals surface area contributed by atoms with Crippen molar-refractivity contribution in [1.29, 1.82) is 0 Å². The number of sulfonamides is 1. The molecule has 1 atom stereocenters. The summed E-state index contributed by atoms with van der Waals surface area (Å²) in [6.45, 7) is 1.24. The maximum atomic E-state index is 12.5. The third-order valence-corrected chi connectivity index (χ3v) is 5.73. The van der Waals surface area contributed by atoms with E-state index in [0.717, 1.165) is 25.7 Å². The predicted octanol–water partition coefficient (Wildman–Crippen LogP) is 1.93. The molecule has 0 aromatic heterocycles. The Morgan fingerprint density at radius 3 is 2.38 bits per heavy atom. The molecule has 0 saturated heterocycles. The molecule has 6 nitrogen and oxygen atoms in total. The van der Waals surface area contributed by atoms with E-state index in [0.29, 0.717) is 31.4 Å². The average Bonchev–Trinajstić information content (AvgIpc) is 3.08. The molecule has 1 aromatic carbocycles. The third kappa shape index (κ3) is 5.89. The summed E-state index contributed by atoms with van der Waals surface area (Å²) in [6, 6.07) is 6.20. The Labute approximate surface area is 150 Å². The lowest BCUT2D eigenvalue weighted by atomic mass is 9.99. The van der Waals surface area contributed by atoms with Crippen molar-refractivity contribution in [3.8, 4) is 5.75 Å². The normalized spacial score (nSPS) is 16.6. The van der Waals surface area contributed by atoms with E-state index in [1.165, 1.54) is 0 Å². The molecule has 1 unspecified atom stereocenters. The molecule has 1 fully saturated rings. The minimum absolute atomic E-state index is 0. The number of hydrogen-bond donors (Lipinski definition) is 2. The van der Waals surface area contributed by atoms with Crippen LogP contribution < -0.4 is 15.2 Å². The topological polar surface area (TPSA) is 90.6 Å². The van der Waals surface area contributed by atoms with Crippen LogP contribution in [0.3, 0.4) is 0 Å². The Morgan fingerprint density at radius 2 is 1.83 bits per heavy atom. The average molecular weight is 379 g/mol. The molecule has 2 rings (SSSR count). The fraction of sp³-hybridized carbons (Fsp3) is 0.625. The Kier molecular flexibility index (Phi) is 9.01. The van der Waals surface area contributed by atoms with Gasteiger partial charge in [0.15, 0.2) is 0 Å². The van der Waals surface area contributed by atoms with Crippen molar-refractivity contribution in [2.24, 2.45) is 11.7 Å². The quantitative estimate of drug-likeness (QED) is 0.641. The third-order valence-electron chi connectivity index (χ3n) is 4.22. The molecule has 1 saturated carbocycles. The van der Waals surface area contributed by atoms with Gasteiger partial charge in [0.05, 0.1) is 11.5 Å². The van der Waals surface area contributed by atoms with E-state index < -0.39 is 10.0 Å². The van der Waals surface area contributed by atoms with Gasteiger partial charge < -0.3 is 15.2 Å². The summed E-state index contributed by atoms with van der Waals surface area (Å²) < 4.78 is 38.1. The lowest BCUT2D eigenvalue weighted by molar-refractivity contribution is 0.146. The molecule has 8 heteroatoms. The second-order valence-electron chi connectivity index (χ2n) is 5.82. The molecule has 1 aromatic rings. The largest absolute Gasteiger partial charge is 0.491 e. The zero-order valence-electron chi connectivity index (χ0n) is 13.9. The van der Waals surface area contributed by atoms with Gasteiger partial charge in [-0.2, -0.15) is 0 Å². The maximum absolute atomic E-state index is 12.5. The molecule has 0 heterocycles. The van der Waals surface area contributed by atoms with E-state index in [1.807, 2.05) is 0 Å². The molecular weight excluding hydrogens is 352 g/mol. The molecule has 0 aliphatic heterocycles. The van der Waals surface area contributed by atoms with Crippen LogP contribution >= 0.6 is 12.4 Å². The van der Waals surface area contributed by atoms with Gasteiger partial charge in [0, 0.05) is 19.7 Å². The van der Waals surface area contributed by atoms with E-state index in [-0.39, 0.29) is 23.3 Å². The Hall–Kier alpha value is -0.860. The van der Waals surface area contributed by atoms with Gasteiger partial charge in [-0.05, 0) is 43.0 Å². The van der Waals surface area contributed by atoms with Crippen LogP contribution in [0.4, 0.5) is 0 Å². The minimum Gasteiger partial charge on any atom is -0.491 e. The van der Waals surface area contributed by atoms with Crippen molar-refractivity contribution in [2.75, 3.05) is 26.9 Å². The van der Waals surface area contributed by atoms with Crippen molar-refractivity contribution >= 4 is 22.4 Å². The molecule has 3 N–H and O–H groups in total. The van der Waals surface area contributed by atoms with Crippen molar-refractivity contribution in [3.05, 3.63) is 24.3 Å². The molecule has 1 aliphatic carbocycles. The highest BCUT2D eigenvalue weighted by molar-refractivity contribution is 7.89. The highest BCUT2D eigenvalue weighted by Crippen LogP contribution is 2.28. The van der Waals surface area contributed by atoms with Gasteiger partial charge in [-0.1, -0.05) is 12.8 Å². The van der Waals surface area contributed by atoms with Crippen molar-refractivity contribution in [2.45, 2.75) is 36.6 Å². The summed E-state index contributed by atoms with van der Waals surface area (Å²) in [5.41, 5.74) is 5.77. The molecule has 138 valence electrons. The van der Waals surface area contributed by atoms with Gasteiger partial charge in [-0.25, -0.2) is 13.1 Å². The van der Waals surface area contributed by atoms with E-state index in [2.05, 4.69) is 4.72 Å². The van der Waals surface area contributed by atoms with Crippen LogP contribution in [0, 0.1) is 5.92 Å². The summed E-state index contributed by atoms with van der Waals surface area (Å²) in [5.74, 6) is 0.957. The minimum atomic E-state index is -3.56. The number of methoxy groups -OCH3 is 1. The summed E-state index contributed by atoms with van der Waals surface area (Å²) >= 11 is 0. The number of ether oxygens (including phenoxy) is 2. The van der Waals surface area contributed by atoms with E-state index in [9.17, 15) is 8.42 Å². The second kappa shape index (κ2) is 10.2. The molecule has 24 heavy (non-hydrogen) atoms. The van der Waals surface area contributed by atoms with Crippen LogP contribution in [0.15, 0.2) is 29.2 Å². The van der Waals surface area contributed by atoms with Gasteiger partial charge in [0.25, 0.3) is 0 Å². The summed E-state index contributed by atoms with van der Waals surface area (Å²) in [7, 11) is -1.96. The highest BCUT2D eigenvalue weighted by Gasteiger charge is 2.28. The molecule has 0 amide bonds. The van der Waals surface area contributed by atoms with E-state index in [1.54, 1.807) is 31.4 Å². The van der Waals surface area contributed by atoms with Crippen LogP contribution in [0.1, 0.15) is 25.7 Å². The molecule has 0 spiro atoms. The Balaban J connectivity index is 0.00000288. The standard InChI is InChI=1S/C16H26N2O4S.ClH/c1-21-10-11-22-14-6-8-15(9-7-14)23(19,20)18-16(12-17)13-4-2-3-5-13;/h6-9,13,16,18H,2-5,10-12,17H2,1H3;1H. The summed E-state index contributed by atoms with van der Waals surface area (Å²) in [4.78, 5) is 0.230. The van der Waals surface area contributed by atoms with Gasteiger partial charge in [0.1, 0.15) is 12.4 Å². The van der Waals surface area contributed by atoms with Crippen LogP contribution in [-0.2, 0) is 14.8 Å². The van der Waals surface area contributed by atoms with Gasteiger partial charge in [0.2, 0.25) is 10.0 Å².